The number of nitrogens with zero attached hydrogens (tertiary/aromatic N) is 1. The van der Waals surface area contributed by atoms with Crippen LogP contribution in [0.25, 0.3) is 0 Å². The molecule has 6 heavy (non-hydrogen) atoms. The fourth-order valence-corrected chi connectivity index (χ4v) is 0.527. The van der Waals surface area contributed by atoms with Gasteiger partial charge in [0.25, 0.3) is 0 Å². The molecule has 0 saturated carbocycles. The van der Waals surface area contributed by atoms with Gasteiger partial charge in [-0.2, -0.15) is 0 Å². The zero-order valence-corrected chi connectivity index (χ0v) is 4.40. The molecule has 1 heterocycles. The van der Waals surface area contributed by atoms with Crippen molar-refractivity contribution in [2.24, 2.45) is 0 Å². The second kappa shape index (κ2) is 3.42. The molecule has 1 rings (SSSR count). The zero-order valence-electron chi connectivity index (χ0n) is 4.59. The second-order valence-corrected chi connectivity index (χ2v) is 1.43. The summed E-state index contributed by atoms with van der Waals surface area (Å²) in [4.78, 5) is 3.74. The van der Waals surface area contributed by atoms with E-state index in [0.717, 1.165) is 0 Å². The van der Waals surface area contributed by atoms with Gasteiger partial charge in [0.2, 0.25) is 0 Å². The number of aromatic nitrogens is 1. The first kappa shape index (κ1) is 6.23. The molecule has 0 aliphatic heterocycles. The van der Waals surface area contributed by atoms with Crippen molar-refractivity contribution >= 4 is 11.3 Å². The Hall–Kier alpha value is 0.227. The summed E-state index contributed by atoms with van der Waals surface area (Å²) in [7, 11) is 0. The van der Waals surface area contributed by atoms with Crippen LogP contribution in [0.1, 0.15) is 1.43 Å². The summed E-state index contributed by atoms with van der Waals surface area (Å²) in [6, 6.07) is 0. The minimum absolute atomic E-state index is 0. The largest absolute Gasteiger partial charge is 1.00 e. The van der Waals surface area contributed by atoms with Crippen LogP contribution in [0.2, 0.25) is 0 Å². The monoisotopic (exact) mass is 93.0 g/mol. The van der Waals surface area contributed by atoms with E-state index < -0.39 is 0 Å². The smallest absolute Gasteiger partial charge is 1.00 e. The molecule has 0 unspecified atom stereocenters. The Morgan fingerprint density at radius 3 is 2.67 bits per heavy atom. The number of hydrogen-bond acceptors (Lipinski definition) is 2. The fraction of sp³-hybridized carbons (Fsp3) is 0. The molecule has 1 nitrogen and oxygen atoms in total. The van der Waals surface area contributed by atoms with Gasteiger partial charge in [-0.15, -0.1) is 11.3 Å². The molecule has 0 amide bonds. The molecule has 1 aromatic rings. The molecule has 0 aliphatic carbocycles. The van der Waals surface area contributed by atoms with Gasteiger partial charge in [-0.25, -0.2) is 0 Å². The van der Waals surface area contributed by atoms with Crippen molar-refractivity contribution in [2.75, 3.05) is 0 Å². The van der Waals surface area contributed by atoms with Crippen LogP contribution in [0.5, 0.6) is 0 Å². The Balaban J connectivity index is 0. The Bertz CT molecular complexity index is 71.4. The van der Waals surface area contributed by atoms with Crippen LogP contribution >= 0.6 is 11.3 Å². The minimum atomic E-state index is 0. The number of hydrogen-bond donors (Lipinski definition) is 0. The molecule has 0 radical (unpaired) electrons. The third kappa shape index (κ3) is 1.61. The summed E-state index contributed by atoms with van der Waals surface area (Å²) in [5, 5.41) is 1.93. The van der Waals surface area contributed by atoms with Crippen molar-refractivity contribution in [1.82, 2.24) is 4.98 Å². The predicted octanol–water partition coefficient (Wildman–Crippen LogP) is -1.74. The maximum Gasteiger partial charge on any atom is 1.00 e. The fourth-order valence-electron chi connectivity index (χ4n) is 0.176. The maximum atomic E-state index is 3.74. The summed E-state index contributed by atoms with van der Waals surface area (Å²) in [5.41, 5.74) is 1.79. The van der Waals surface area contributed by atoms with E-state index in [4.69, 9.17) is 0 Å². The van der Waals surface area contributed by atoms with Crippen LogP contribution in [0.15, 0.2) is 17.1 Å². The first-order valence-electron chi connectivity index (χ1n) is 1.32. The van der Waals surface area contributed by atoms with Gasteiger partial charge in [-0.05, 0) is 0 Å². The summed E-state index contributed by atoms with van der Waals surface area (Å²) < 4.78 is 0. The van der Waals surface area contributed by atoms with Gasteiger partial charge in [0.15, 0.2) is 0 Å². The standard InChI is InChI=1S/C3H3NS.Li.H/c1-2-5-3-4-1;;/h1-3H;;/q;+1;-1. The van der Waals surface area contributed by atoms with E-state index in [1.54, 1.807) is 23.0 Å². The first-order chi connectivity index (χ1) is 2.50. The van der Waals surface area contributed by atoms with E-state index in [1.807, 2.05) is 5.38 Å². The van der Waals surface area contributed by atoms with Crippen molar-refractivity contribution in [3.8, 4) is 0 Å². The molecule has 0 atom stereocenters. The normalized spacial score (nSPS) is 6.67. The molecular weight excluding hydrogens is 89.0 g/mol. The topological polar surface area (TPSA) is 12.9 Å². The van der Waals surface area contributed by atoms with Gasteiger partial charge in [-0.3, -0.25) is 4.98 Å². The van der Waals surface area contributed by atoms with Gasteiger partial charge in [0, 0.05) is 11.6 Å². The molecule has 0 aliphatic rings. The number of rotatable bonds is 0. The van der Waals surface area contributed by atoms with E-state index in [2.05, 4.69) is 4.98 Å². The average Bonchev–Trinajstić information content (AvgIpc) is 1.76. The Morgan fingerprint density at radius 1 is 1.67 bits per heavy atom. The van der Waals surface area contributed by atoms with Crippen molar-refractivity contribution in [1.29, 1.82) is 0 Å². The van der Waals surface area contributed by atoms with Crippen LogP contribution in [-0.4, -0.2) is 4.98 Å². The molecule has 0 aromatic carbocycles. The zero-order chi connectivity index (χ0) is 3.54. The van der Waals surface area contributed by atoms with E-state index >= 15 is 0 Å². The quantitative estimate of drug-likeness (QED) is 0.347. The third-order valence-electron chi connectivity index (χ3n) is 0.347. The first-order valence-corrected chi connectivity index (χ1v) is 2.26. The molecule has 0 spiro atoms. The molecule has 3 heteroatoms. The Labute approximate surface area is 54.1 Å². The van der Waals surface area contributed by atoms with Crippen molar-refractivity contribution in [3.05, 3.63) is 17.1 Å². The van der Waals surface area contributed by atoms with E-state index in [1.165, 1.54) is 0 Å². The predicted molar refractivity (Wildman–Crippen MR) is 23.2 cm³/mol. The molecule has 28 valence electrons. The van der Waals surface area contributed by atoms with Crippen LogP contribution in [0, 0.1) is 0 Å². The van der Waals surface area contributed by atoms with Crippen LogP contribution in [-0.2, 0) is 0 Å². The minimum Gasteiger partial charge on any atom is -1.00 e. The van der Waals surface area contributed by atoms with Crippen molar-refractivity contribution < 1.29 is 20.3 Å². The maximum absolute atomic E-state index is 3.74. The molecule has 0 saturated heterocycles. The molecule has 1 aromatic heterocycles. The summed E-state index contributed by atoms with van der Waals surface area (Å²) in [6.45, 7) is 0. The summed E-state index contributed by atoms with van der Waals surface area (Å²) in [6.07, 6.45) is 1.77. The summed E-state index contributed by atoms with van der Waals surface area (Å²) >= 11 is 1.60. The van der Waals surface area contributed by atoms with Crippen molar-refractivity contribution in [2.45, 2.75) is 0 Å². The van der Waals surface area contributed by atoms with Crippen LogP contribution in [0.3, 0.4) is 0 Å². The summed E-state index contributed by atoms with van der Waals surface area (Å²) in [5.74, 6) is 0. The van der Waals surface area contributed by atoms with E-state index in [9.17, 15) is 0 Å². The Kier molecular flexibility index (Phi) is 3.55. The molecular formula is C3H4LiNS. The van der Waals surface area contributed by atoms with E-state index in [0.29, 0.717) is 0 Å². The van der Waals surface area contributed by atoms with Gasteiger partial charge in [-0.1, -0.05) is 0 Å². The second-order valence-electron chi connectivity index (χ2n) is 0.676. The van der Waals surface area contributed by atoms with E-state index in [-0.39, 0.29) is 20.3 Å². The van der Waals surface area contributed by atoms with Gasteiger partial charge in [0.1, 0.15) is 0 Å². The van der Waals surface area contributed by atoms with Crippen LogP contribution in [0.4, 0.5) is 0 Å². The molecule has 0 bridgehead atoms. The molecule has 0 N–H and O–H groups in total. The third-order valence-corrected chi connectivity index (χ3v) is 0.869. The Morgan fingerprint density at radius 2 is 2.50 bits per heavy atom. The van der Waals surface area contributed by atoms with Gasteiger partial charge >= 0.3 is 18.9 Å². The SMILES string of the molecule is [H-].[Li+].c1cscn1. The average molecular weight is 93.1 g/mol. The molecule has 0 fully saturated rings. The van der Waals surface area contributed by atoms with Gasteiger partial charge in [0.05, 0.1) is 5.51 Å². The van der Waals surface area contributed by atoms with Crippen LogP contribution < -0.4 is 18.9 Å². The van der Waals surface area contributed by atoms with Crippen molar-refractivity contribution in [3.63, 3.8) is 0 Å². The number of thiazole rings is 1. The van der Waals surface area contributed by atoms with Gasteiger partial charge < -0.3 is 1.43 Å².